The van der Waals surface area contributed by atoms with Crippen molar-refractivity contribution in [2.24, 2.45) is 7.05 Å². The van der Waals surface area contributed by atoms with Gasteiger partial charge in [-0.25, -0.2) is 4.79 Å². The standard InChI is InChI=1S/C13H14ClN3O2/c1-17-7-5-10(16-17)4-6-15-12-8-9(14)2-3-11(12)13(18)19/h2-3,5,7-8,15H,4,6H2,1H3,(H,18,19). The van der Waals surface area contributed by atoms with Crippen LogP contribution in [-0.4, -0.2) is 27.4 Å². The van der Waals surface area contributed by atoms with Crippen LogP contribution in [0, 0.1) is 0 Å². The Morgan fingerprint density at radius 1 is 1.47 bits per heavy atom. The summed E-state index contributed by atoms with van der Waals surface area (Å²) in [6, 6.07) is 6.60. The molecule has 0 saturated carbocycles. The second kappa shape index (κ2) is 5.75. The molecular weight excluding hydrogens is 266 g/mol. The van der Waals surface area contributed by atoms with Crippen molar-refractivity contribution in [3.63, 3.8) is 0 Å². The molecule has 100 valence electrons. The molecule has 1 aromatic carbocycles. The van der Waals surface area contributed by atoms with Gasteiger partial charge in [-0.2, -0.15) is 5.10 Å². The number of hydrogen-bond donors (Lipinski definition) is 2. The summed E-state index contributed by atoms with van der Waals surface area (Å²) in [6.07, 6.45) is 2.59. The zero-order valence-corrected chi connectivity index (χ0v) is 11.2. The molecule has 6 heteroatoms. The number of carboxylic acid groups (broad SMARTS) is 1. The smallest absolute Gasteiger partial charge is 0.337 e. The van der Waals surface area contributed by atoms with Crippen molar-refractivity contribution in [1.82, 2.24) is 9.78 Å². The first-order valence-corrected chi connectivity index (χ1v) is 6.19. The number of aryl methyl sites for hydroxylation is 1. The topological polar surface area (TPSA) is 67.2 Å². The number of nitrogens with one attached hydrogen (secondary N) is 1. The van der Waals surface area contributed by atoms with Gasteiger partial charge in [0.1, 0.15) is 0 Å². The minimum Gasteiger partial charge on any atom is -0.478 e. The lowest BCUT2D eigenvalue weighted by atomic mass is 10.1. The van der Waals surface area contributed by atoms with Gasteiger partial charge in [0, 0.05) is 31.2 Å². The van der Waals surface area contributed by atoms with Crippen LogP contribution >= 0.6 is 11.6 Å². The predicted molar refractivity (Wildman–Crippen MR) is 73.8 cm³/mol. The minimum absolute atomic E-state index is 0.213. The number of benzene rings is 1. The molecule has 0 aliphatic rings. The van der Waals surface area contributed by atoms with Gasteiger partial charge >= 0.3 is 5.97 Å². The van der Waals surface area contributed by atoms with E-state index in [0.717, 1.165) is 5.69 Å². The number of carbonyl (C=O) groups is 1. The zero-order chi connectivity index (χ0) is 13.8. The van der Waals surface area contributed by atoms with Gasteiger partial charge in [0.25, 0.3) is 0 Å². The predicted octanol–water partition coefficient (Wildman–Crippen LogP) is 2.43. The molecule has 0 bridgehead atoms. The average molecular weight is 280 g/mol. The Hall–Kier alpha value is -2.01. The summed E-state index contributed by atoms with van der Waals surface area (Å²) in [5.41, 5.74) is 1.69. The number of hydrogen-bond acceptors (Lipinski definition) is 3. The van der Waals surface area contributed by atoms with Crippen LogP contribution in [-0.2, 0) is 13.5 Å². The second-order valence-corrected chi connectivity index (χ2v) is 4.59. The molecule has 1 heterocycles. The van der Waals surface area contributed by atoms with E-state index in [4.69, 9.17) is 16.7 Å². The summed E-state index contributed by atoms with van der Waals surface area (Å²) in [6.45, 7) is 0.595. The zero-order valence-electron chi connectivity index (χ0n) is 10.4. The summed E-state index contributed by atoms with van der Waals surface area (Å²) in [7, 11) is 1.86. The van der Waals surface area contributed by atoms with Crippen molar-refractivity contribution in [3.05, 3.63) is 46.7 Å². The van der Waals surface area contributed by atoms with Crippen LogP contribution in [0.15, 0.2) is 30.5 Å². The maximum atomic E-state index is 11.1. The number of aromatic nitrogens is 2. The quantitative estimate of drug-likeness (QED) is 0.882. The third-order valence-corrected chi connectivity index (χ3v) is 2.91. The van der Waals surface area contributed by atoms with E-state index >= 15 is 0 Å². The molecule has 0 saturated heterocycles. The van der Waals surface area contributed by atoms with Crippen LogP contribution in [0.5, 0.6) is 0 Å². The molecule has 2 aromatic rings. The normalized spacial score (nSPS) is 10.4. The summed E-state index contributed by atoms with van der Waals surface area (Å²) < 4.78 is 1.73. The van der Waals surface area contributed by atoms with E-state index in [2.05, 4.69) is 10.4 Å². The van der Waals surface area contributed by atoms with E-state index in [1.54, 1.807) is 16.8 Å². The lowest BCUT2D eigenvalue weighted by molar-refractivity contribution is 0.0698. The molecule has 0 aliphatic carbocycles. The van der Waals surface area contributed by atoms with Crippen LogP contribution in [0.25, 0.3) is 0 Å². The van der Waals surface area contributed by atoms with Gasteiger partial charge in [-0.15, -0.1) is 0 Å². The molecule has 19 heavy (non-hydrogen) atoms. The monoisotopic (exact) mass is 279 g/mol. The summed E-state index contributed by atoms with van der Waals surface area (Å²) in [5, 5.41) is 16.9. The molecule has 0 amide bonds. The highest BCUT2D eigenvalue weighted by Crippen LogP contribution is 2.21. The molecule has 0 spiro atoms. The second-order valence-electron chi connectivity index (χ2n) is 4.15. The van der Waals surface area contributed by atoms with Crippen LogP contribution in [0.1, 0.15) is 16.1 Å². The van der Waals surface area contributed by atoms with Crippen molar-refractivity contribution in [2.75, 3.05) is 11.9 Å². The van der Waals surface area contributed by atoms with E-state index in [9.17, 15) is 4.79 Å². The van der Waals surface area contributed by atoms with E-state index in [0.29, 0.717) is 23.7 Å². The summed E-state index contributed by atoms with van der Waals surface area (Å²) >= 11 is 5.87. The number of nitrogens with zero attached hydrogens (tertiary/aromatic N) is 2. The van der Waals surface area contributed by atoms with Crippen molar-refractivity contribution >= 4 is 23.3 Å². The molecule has 2 rings (SSSR count). The maximum Gasteiger partial charge on any atom is 0.337 e. The molecule has 0 fully saturated rings. The first-order chi connectivity index (χ1) is 9.06. The lowest BCUT2D eigenvalue weighted by Crippen LogP contribution is -2.10. The van der Waals surface area contributed by atoms with E-state index in [1.807, 2.05) is 19.3 Å². The van der Waals surface area contributed by atoms with Gasteiger partial charge in [0.2, 0.25) is 0 Å². The number of rotatable bonds is 5. The van der Waals surface area contributed by atoms with E-state index in [-0.39, 0.29) is 5.56 Å². The highest BCUT2D eigenvalue weighted by molar-refractivity contribution is 6.31. The van der Waals surface area contributed by atoms with Crippen LogP contribution in [0.2, 0.25) is 5.02 Å². The third kappa shape index (κ3) is 3.48. The van der Waals surface area contributed by atoms with Gasteiger partial charge in [0.15, 0.2) is 0 Å². The van der Waals surface area contributed by atoms with Gasteiger partial charge in [0.05, 0.1) is 16.9 Å². The summed E-state index contributed by atoms with van der Waals surface area (Å²) in [5.74, 6) is -0.975. The lowest BCUT2D eigenvalue weighted by Gasteiger charge is -2.09. The highest BCUT2D eigenvalue weighted by atomic mass is 35.5. The van der Waals surface area contributed by atoms with Crippen LogP contribution < -0.4 is 5.32 Å². The van der Waals surface area contributed by atoms with E-state index < -0.39 is 5.97 Å². The fourth-order valence-electron chi connectivity index (χ4n) is 1.77. The average Bonchev–Trinajstić information content (AvgIpc) is 2.75. The van der Waals surface area contributed by atoms with Crippen molar-refractivity contribution in [2.45, 2.75) is 6.42 Å². The van der Waals surface area contributed by atoms with Gasteiger partial charge in [-0.3, -0.25) is 4.68 Å². The van der Waals surface area contributed by atoms with E-state index in [1.165, 1.54) is 6.07 Å². The van der Waals surface area contributed by atoms with Gasteiger partial charge in [-0.05, 0) is 24.3 Å². The number of anilines is 1. The highest BCUT2D eigenvalue weighted by Gasteiger charge is 2.10. The Labute approximate surface area is 115 Å². The van der Waals surface area contributed by atoms with Crippen LogP contribution in [0.3, 0.4) is 0 Å². The van der Waals surface area contributed by atoms with Crippen molar-refractivity contribution < 1.29 is 9.90 Å². The SMILES string of the molecule is Cn1ccc(CCNc2cc(Cl)ccc2C(=O)O)n1. The molecule has 0 radical (unpaired) electrons. The fourth-order valence-corrected chi connectivity index (χ4v) is 1.94. The molecule has 0 atom stereocenters. The minimum atomic E-state index is -0.975. The Kier molecular flexibility index (Phi) is 4.06. The van der Waals surface area contributed by atoms with Crippen molar-refractivity contribution in [3.8, 4) is 0 Å². The largest absolute Gasteiger partial charge is 0.478 e. The van der Waals surface area contributed by atoms with Crippen molar-refractivity contribution in [1.29, 1.82) is 0 Å². The third-order valence-electron chi connectivity index (χ3n) is 2.68. The van der Waals surface area contributed by atoms with Gasteiger partial charge < -0.3 is 10.4 Å². The molecular formula is C13H14ClN3O2. The Morgan fingerprint density at radius 2 is 2.26 bits per heavy atom. The number of aromatic carboxylic acids is 1. The Morgan fingerprint density at radius 3 is 2.89 bits per heavy atom. The Balaban J connectivity index is 2.02. The number of halogens is 1. The summed E-state index contributed by atoms with van der Waals surface area (Å²) in [4.78, 5) is 11.1. The number of carboxylic acids is 1. The maximum absolute atomic E-state index is 11.1. The fraction of sp³-hybridized carbons (Fsp3) is 0.231. The van der Waals surface area contributed by atoms with Gasteiger partial charge in [-0.1, -0.05) is 11.6 Å². The molecule has 0 unspecified atom stereocenters. The Bertz CT molecular complexity index is 595. The molecule has 5 nitrogen and oxygen atoms in total. The molecule has 2 N–H and O–H groups in total. The first-order valence-electron chi connectivity index (χ1n) is 5.81. The molecule has 1 aromatic heterocycles. The van der Waals surface area contributed by atoms with Crippen LogP contribution in [0.4, 0.5) is 5.69 Å². The first kappa shape index (κ1) is 13.4. The molecule has 0 aliphatic heterocycles.